The van der Waals surface area contributed by atoms with Gasteiger partial charge in [-0.05, 0) is 61.1 Å². The van der Waals surface area contributed by atoms with Crippen LogP contribution in [0.4, 0.5) is 4.39 Å². The van der Waals surface area contributed by atoms with Gasteiger partial charge < -0.3 is 5.11 Å². The molecule has 1 saturated carbocycles. The van der Waals surface area contributed by atoms with Crippen molar-refractivity contribution in [3.63, 3.8) is 0 Å². The van der Waals surface area contributed by atoms with Gasteiger partial charge in [0.15, 0.2) is 0 Å². The van der Waals surface area contributed by atoms with E-state index in [0.717, 1.165) is 43.6 Å². The van der Waals surface area contributed by atoms with Gasteiger partial charge in [0.25, 0.3) is 0 Å². The third kappa shape index (κ3) is 5.68. The zero-order valence-electron chi connectivity index (χ0n) is 12.4. The minimum absolute atomic E-state index is 0.319. The Labute approximate surface area is 125 Å². The van der Waals surface area contributed by atoms with Crippen LogP contribution in [-0.4, -0.2) is 29.1 Å². The highest BCUT2D eigenvalue weighted by Crippen LogP contribution is 2.30. The molecular weight excluding hydrogens is 269 g/mol. The fourth-order valence-electron chi connectivity index (χ4n) is 2.51. The van der Waals surface area contributed by atoms with Crippen LogP contribution in [0.15, 0.2) is 24.3 Å². The molecule has 3 nitrogen and oxygen atoms in total. The average molecular weight is 291 g/mol. The smallest absolute Gasteiger partial charge is 0.328 e. The first-order valence-corrected chi connectivity index (χ1v) is 7.49. The van der Waals surface area contributed by atoms with E-state index in [4.69, 9.17) is 5.11 Å². The van der Waals surface area contributed by atoms with Gasteiger partial charge in [0.05, 0.1) is 0 Å². The van der Waals surface area contributed by atoms with E-state index < -0.39 is 5.97 Å². The second-order valence-corrected chi connectivity index (χ2v) is 5.74. The minimum Gasteiger partial charge on any atom is -0.478 e. The van der Waals surface area contributed by atoms with Gasteiger partial charge in [-0.25, -0.2) is 9.18 Å². The van der Waals surface area contributed by atoms with E-state index in [9.17, 15) is 9.18 Å². The van der Waals surface area contributed by atoms with Crippen LogP contribution in [-0.2, 0) is 11.3 Å². The highest BCUT2D eigenvalue weighted by atomic mass is 19.1. The molecule has 0 saturated heterocycles. The number of benzene rings is 1. The van der Waals surface area contributed by atoms with Gasteiger partial charge in [-0.3, -0.25) is 4.90 Å². The molecule has 0 atom stereocenters. The van der Waals surface area contributed by atoms with E-state index in [1.165, 1.54) is 31.1 Å². The van der Waals surface area contributed by atoms with Gasteiger partial charge in [-0.2, -0.15) is 0 Å². The standard InChI is InChI=1S/C17H22FNO2/c1-2-7-19(11-13-3-4-13)12-15-8-14(5-6-17(20)21)9-16(18)10-15/h5-6,8-10,13H,2-4,7,11-12H2,1H3,(H,20,21). The number of carbonyl (C=O) groups is 1. The van der Waals surface area contributed by atoms with E-state index >= 15 is 0 Å². The monoisotopic (exact) mass is 291 g/mol. The third-order valence-corrected chi connectivity index (χ3v) is 3.56. The molecule has 1 N–H and O–H groups in total. The van der Waals surface area contributed by atoms with Crippen molar-refractivity contribution in [2.24, 2.45) is 5.92 Å². The van der Waals surface area contributed by atoms with Crippen molar-refractivity contribution in [1.82, 2.24) is 4.90 Å². The number of carboxylic acid groups (broad SMARTS) is 1. The SMILES string of the molecule is CCCN(Cc1cc(F)cc(C=CC(=O)O)c1)CC1CC1. The number of carboxylic acids is 1. The van der Waals surface area contributed by atoms with Gasteiger partial charge in [0.2, 0.25) is 0 Å². The van der Waals surface area contributed by atoms with Crippen molar-refractivity contribution in [3.8, 4) is 0 Å². The van der Waals surface area contributed by atoms with Crippen LogP contribution >= 0.6 is 0 Å². The Morgan fingerprint density at radius 3 is 2.81 bits per heavy atom. The molecule has 1 aromatic carbocycles. The lowest BCUT2D eigenvalue weighted by atomic mass is 10.1. The maximum absolute atomic E-state index is 13.7. The van der Waals surface area contributed by atoms with E-state index in [1.54, 1.807) is 0 Å². The summed E-state index contributed by atoms with van der Waals surface area (Å²) in [6.45, 7) is 4.94. The second kappa shape index (κ2) is 7.36. The van der Waals surface area contributed by atoms with Crippen LogP contribution < -0.4 is 0 Å². The Bertz CT molecular complexity index is 524. The summed E-state index contributed by atoms with van der Waals surface area (Å²) in [7, 11) is 0. The summed E-state index contributed by atoms with van der Waals surface area (Å²) < 4.78 is 13.7. The molecule has 4 heteroatoms. The van der Waals surface area contributed by atoms with Crippen LogP contribution in [0.1, 0.15) is 37.3 Å². The van der Waals surface area contributed by atoms with E-state index in [1.807, 2.05) is 6.07 Å². The molecule has 0 bridgehead atoms. The lowest BCUT2D eigenvalue weighted by molar-refractivity contribution is -0.131. The van der Waals surface area contributed by atoms with Crippen LogP contribution in [0.2, 0.25) is 0 Å². The zero-order valence-corrected chi connectivity index (χ0v) is 12.4. The van der Waals surface area contributed by atoms with Crippen LogP contribution in [0.5, 0.6) is 0 Å². The van der Waals surface area contributed by atoms with Crippen molar-refractivity contribution in [1.29, 1.82) is 0 Å². The average Bonchev–Trinajstić information content (AvgIpc) is 3.20. The molecule has 0 unspecified atom stereocenters. The summed E-state index contributed by atoms with van der Waals surface area (Å²) in [4.78, 5) is 12.9. The largest absolute Gasteiger partial charge is 0.478 e. The van der Waals surface area contributed by atoms with E-state index in [-0.39, 0.29) is 5.82 Å². The Morgan fingerprint density at radius 2 is 2.19 bits per heavy atom. The summed E-state index contributed by atoms with van der Waals surface area (Å²) in [5.41, 5.74) is 1.49. The second-order valence-electron chi connectivity index (χ2n) is 5.74. The molecular formula is C17H22FNO2. The van der Waals surface area contributed by atoms with Crippen LogP contribution in [0.3, 0.4) is 0 Å². The zero-order chi connectivity index (χ0) is 15.2. The molecule has 0 aromatic heterocycles. The maximum atomic E-state index is 13.7. The van der Waals surface area contributed by atoms with Crippen molar-refractivity contribution in [2.75, 3.05) is 13.1 Å². The molecule has 0 spiro atoms. The van der Waals surface area contributed by atoms with E-state index in [2.05, 4.69) is 11.8 Å². The van der Waals surface area contributed by atoms with Crippen LogP contribution in [0, 0.1) is 11.7 Å². The van der Waals surface area contributed by atoms with Crippen LogP contribution in [0.25, 0.3) is 6.08 Å². The Kier molecular flexibility index (Phi) is 5.51. The summed E-state index contributed by atoms with van der Waals surface area (Å²) in [5.74, 6) is -0.543. The first-order chi connectivity index (χ1) is 10.1. The fourth-order valence-corrected chi connectivity index (χ4v) is 2.51. The fraction of sp³-hybridized carbons (Fsp3) is 0.471. The minimum atomic E-state index is -1.03. The maximum Gasteiger partial charge on any atom is 0.328 e. The number of hydrogen-bond acceptors (Lipinski definition) is 2. The van der Waals surface area contributed by atoms with Gasteiger partial charge in [0.1, 0.15) is 5.82 Å². The third-order valence-electron chi connectivity index (χ3n) is 3.56. The molecule has 1 aliphatic rings. The molecule has 114 valence electrons. The first kappa shape index (κ1) is 15.7. The normalized spacial score (nSPS) is 15.0. The molecule has 1 aliphatic carbocycles. The summed E-state index contributed by atoms with van der Waals surface area (Å²) in [5, 5.41) is 8.65. The first-order valence-electron chi connectivity index (χ1n) is 7.49. The predicted octanol–water partition coefficient (Wildman–Crippen LogP) is 3.55. The molecule has 0 heterocycles. The molecule has 0 aliphatic heterocycles. The molecule has 1 fully saturated rings. The number of halogens is 1. The van der Waals surface area contributed by atoms with Crippen molar-refractivity contribution < 1.29 is 14.3 Å². The van der Waals surface area contributed by atoms with Gasteiger partial charge in [0, 0.05) is 19.2 Å². The molecule has 0 radical (unpaired) electrons. The highest BCUT2D eigenvalue weighted by molar-refractivity contribution is 5.85. The Morgan fingerprint density at radius 1 is 1.43 bits per heavy atom. The number of hydrogen-bond donors (Lipinski definition) is 1. The Hall–Kier alpha value is -1.68. The Balaban J connectivity index is 2.07. The van der Waals surface area contributed by atoms with Gasteiger partial charge in [-0.1, -0.05) is 13.0 Å². The lowest BCUT2D eigenvalue weighted by Crippen LogP contribution is -2.26. The van der Waals surface area contributed by atoms with Gasteiger partial charge >= 0.3 is 5.97 Å². The number of aliphatic carboxylic acids is 1. The highest BCUT2D eigenvalue weighted by Gasteiger charge is 2.24. The topological polar surface area (TPSA) is 40.5 Å². The van der Waals surface area contributed by atoms with E-state index in [0.29, 0.717) is 5.56 Å². The molecule has 0 amide bonds. The molecule has 21 heavy (non-hydrogen) atoms. The summed E-state index contributed by atoms with van der Waals surface area (Å²) in [6, 6.07) is 4.75. The molecule has 2 rings (SSSR count). The molecule has 1 aromatic rings. The van der Waals surface area contributed by atoms with Crippen molar-refractivity contribution in [3.05, 3.63) is 41.2 Å². The number of rotatable bonds is 8. The van der Waals surface area contributed by atoms with Crippen molar-refractivity contribution in [2.45, 2.75) is 32.7 Å². The lowest BCUT2D eigenvalue weighted by Gasteiger charge is -2.21. The van der Waals surface area contributed by atoms with Gasteiger partial charge in [-0.15, -0.1) is 0 Å². The summed E-state index contributed by atoms with van der Waals surface area (Å²) in [6.07, 6.45) is 6.15. The quantitative estimate of drug-likeness (QED) is 0.745. The van der Waals surface area contributed by atoms with Crippen molar-refractivity contribution >= 4 is 12.0 Å². The predicted molar refractivity (Wildman–Crippen MR) is 81.4 cm³/mol. The number of nitrogens with zero attached hydrogens (tertiary/aromatic N) is 1. The summed E-state index contributed by atoms with van der Waals surface area (Å²) >= 11 is 0.